The normalized spacial score (nSPS) is 16.2. The highest BCUT2D eigenvalue weighted by atomic mass is 32.1. The summed E-state index contributed by atoms with van der Waals surface area (Å²) in [6.45, 7) is 0.993. The van der Waals surface area contributed by atoms with E-state index in [4.69, 9.17) is 0 Å². The molecule has 9 heteroatoms. The third-order valence-electron chi connectivity index (χ3n) is 3.79. The van der Waals surface area contributed by atoms with Crippen LogP contribution in [0, 0.1) is 0 Å². The molecule has 0 spiro atoms. The molecule has 0 aromatic carbocycles. The highest BCUT2D eigenvalue weighted by Gasteiger charge is 2.33. The van der Waals surface area contributed by atoms with Crippen LogP contribution in [0.2, 0.25) is 0 Å². The molecular weight excluding hydrogens is 341 g/mol. The first-order valence-corrected chi connectivity index (χ1v) is 8.31. The SMILES string of the molecule is O=C(NC1CCN(c2nccc(C(F)(F)F)n2)CC1)c1cccs1. The molecule has 1 aliphatic heterocycles. The second-order valence-electron chi connectivity index (χ2n) is 5.45. The molecule has 0 bridgehead atoms. The van der Waals surface area contributed by atoms with Gasteiger partial charge in [-0.1, -0.05) is 6.07 Å². The highest BCUT2D eigenvalue weighted by Crippen LogP contribution is 2.28. The van der Waals surface area contributed by atoms with Gasteiger partial charge in [-0.2, -0.15) is 13.2 Å². The maximum absolute atomic E-state index is 12.7. The molecule has 128 valence electrons. The van der Waals surface area contributed by atoms with E-state index >= 15 is 0 Å². The van der Waals surface area contributed by atoms with Crippen LogP contribution in [0.3, 0.4) is 0 Å². The fourth-order valence-corrected chi connectivity index (χ4v) is 3.17. The Morgan fingerprint density at radius 3 is 2.67 bits per heavy atom. The monoisotopic (exact) mass is 356 g/mol. The quantitative estimate of drug-likeness (QED) is 0.919. The van der Waals surface area contributed by atoms with Crippen LogP contribution in [-0.2, 0) is 6.18 Å². The van der Waals surface area contributed by atoms with Crippen LogP contribution < -0.4 is 10.2 Å². The molecule has 1 N–H and O–H groups in total. The van der Waals surface area contributed by atoms with Gasteiger partial charge in [0.05, 0.1) is 4.88 Å². The van der Waals surface area contributed by atoms with E-state index in [2.05, 4.69) is 15.3 Å². The van der Waals surface area contributed by atoms with Crippen LogP contribution >= 0.6 is 11.3 Å². The number of alkyl halides is 3. The van der Waals surface area contributed by atoms with Crippen LogP contribution in [0.15, 0.2) is 29.8 Å². The lowest BCUT2D eigenvalue weighted by Crippen LogP contribution is -2.45. The molecule has 1 amide bonds. The Morgan fingerprint density at radius 1 is 1.29 bits per heavy atom. The first kappa shape index (κ1) is 16.7. The Morgan fingerprint density at radius 2 is 2.04 bits per heavy atom. The average Bonchev–Trinajstić information content (AvgIpc) is 3.09. The molecule has 3 heterocycles. The van der Waals surface area contributed by atoms with Gasteiger partial charge in [-0.25, -0.2) is 9.97 Å². The number of thiophene rings is 1. The minimum Gasteiger partial charge on any atom is -0.348 e. The van der Waals surface area contributed by atoms with Crippen molar-refractivity contribution in [3.8, 4) is 0 Å². The smallest absolute Gasteiger partial charge is 0.348 e. The van der Waals surface area contributed by atoms with Gasteiger partial charge in [0.2, 0.25) is 5.95 Å². The lowest BCUT2D eigenvalue weighted by Gasteiger charge is -2.32. The lowest BCUT2D eigenvalue weighted by atomic mass is 10.1. The van der Waals surface area contributed by atoms with E-state index in [-0.39, 0.29) is 17.9 Å². The highest BCUT2D eigenvalue weighted by molar-refractivity contribution is 7.12. The minimum atomic E-state index is -4.48. The van der Waals surface area contributed by atoms with E-state index < -0.39 is 11.9 Å². The number of halogens is 3. The zero-order valence-electron chi connectivity index (χ0n) is 12.6. The van der Waals surface area contributed by atoms with E-state index in [9.17, 15) is 18.0 Å². The van der Waals surface area contributed by atoms with Crippen molar-refractivity contribution in [3.05, 3.63) is 40.3 Å². The van der Waals surface area contributed by atoms with E-state index in [0.717, 1.165) is 12.3 Å². The average molecular weight is 356 g/mol. The van der Waals surface area contributed by atoms with Crippen molar-refractivity contribution in [2.45, 2.75) is 25.1 Å². The number of carbonyl (C=O) groups excluding carboxylic acids is 1. The second-order valence-corrected chi connectivity index (χ2v) is 6.40. The van der Waals surface area contributed by atoms with Gasteiger partial charge in [0.15, 0.2) is 0 Å². The van der Waals surface area contributed by atoms with Crippen LogP contribution in [0.4, 0.5) is 19.1 Å². The Labute approximate surface area is 140 Å². The van der Waals surface area contributed by atoms with Crippen molar-refractivity contribution in [1.82, 2.24) is 15.3 Å². The van der Waals surface area contributed by atoms with E-state index in [1.54, 1.807) is 11.0 Å². The second kappa shape index (κ2) is 6.76. The van der Waals surface area contributed by atoms with E-state index in [0.29, 0.717) is 30.8 Å². The molecule has 5 nitrogen and oxygen atoms in total. The Bertz CT molecular complexity index is 697. The van der Waals surface area contributed by atoms with Crippen molar-refractivity contribution in [3.63, 3.8) is 0 Å². The maximum Gasteiger partial charge on any atom is 0.433 e. The zero-order chi connectivity index (χ0) is 17.2. The lowest BCUT2D eigenvalue weighted by molar-refractivity contribution is -0.141. The number of hydrogen-bond donors (Lipinski definition) is 1. The van der Waals surface area contributed by atoms with Gasteiger partial charge in [0.25, 0.3) is 5.91 Å². The number of rotatable bonds is 3. The standard InChI is InChI=1S/C15H15F3N4OS/c16-15(17,18)12-3-6-19-14(21-12)22-7-4-10(5-8-22)20-13(23)11-2-1-9-24-11/h1-3,6,9-10H,4-5,7-8H2,(H,20,23). The summed E-state index contributed by atoms with van der Waals surface area (Å²) in [5, 5.41) is 4.79. The van der Waals surface area contributed by atoms with Gasteiger partial charge in [0, 0.05) is 25.3 Å². The summed E-state index contributed by atoms with van der Waals surface area (Å²) in [5.41, 5.74) is -0.944. The number of carbonyl (C=O) groups is 1. The molecule has 0 unspecified atom stereocenters. The summed E-state index contributed by atoms with van der Waals surface area (Å²) < 4.78 is 38.2. The summed E-state index contributed by atoms with van der Waals surface area (Å²) in [5.74, 6) is -0.0355. The van der Waals surface area contributed by atoms with E-state index in [1.165, 1.54) is 11.3 Å². The minimum absolute atomic E-state index is 0.00153. The van der Waals surface area contributed by atoms with Gasteiger partial charge in [-0.15, -0.1) is 11.3 Å². The topological polar surface area (TPSA) is 58.1 Å². The van der Waals surface area contributed by atoms with Gasteiger partial charge < -0.3 is 10.2 Å². The first-order valence-electron chi connectivity index (χ1n) is 7.43. The van der Waals surface area contributed by atoms with E-state index in [1.807, 2.05) is 11.4 Å². The summed E-state index contributed by atoms with van der Waals surface area (Å²) in [6, 6.07) is 4.43. The Balaban J connectivity index is 1.58. The summed E-state index contributed by atoms with van der Waals surface area (Å²) >= 11 is 1.37. The molecule has 0 atom stereocenters. The van der Waals surface area contributed by atoms with Crippen molar-refractivity contribution in [2.24, 2.45) is 0 Å². The molecule has 1 fully saturated rings. The van der Waals surface area contributed by atoms with Crippen LogP contribution in [0.5, 0.6) is 0 Å². The molecule has 0 saturated carbocycles. The summed E-state index contributed by atoms with van der Waals surface area (Å²) in [4.78, 5) is 21.9. The largest absolute Gasteiger partial charge is 0.433 e. The Hall–Kier alpha value is -2.16. The molecule has 1 saturated heterocycles. The maximum atomic E-state index is 12.7. The molecule has 0 aliphatic carbocycles. The van der Waals surface area contributed by atoms with Crippen LogP contribution in [0.25, 0.3) is 0 Å². The van der Waals surface area contributed by atoms with Crippen molar-refractivity contribution in [1.29, 1.82) is 0 Å². The zero-order valence-corrected chi connectivity index (χ0v) is 13.4. The predicted octanol–water partition coefficient (Wildman–Crippen LogP) is 2.96. The summed E-state index contributed by atoms with van der Waals surface area (Å²) in [7, 11) is 0. The number of nitrogens with zero attached hydrogens (tertiary/aromatic N) is 3. The third kappa shape index (κ3) is 3.84. The number of anilines is 1. The van der Waals surface area contributed by atoms with Gasteiger partial charge in [-0.3, -0.25) is 4.79 Å². The number of piperidine rings is 1. The molecule has 2 aromatic heterocycles. The number of nitrogens with one attached hydrogen (secondary N) is 1. The van der Waals surface area contributed by atoms with Gasteiger partial charge in [-0.05, 0) is 30.4 Å². The third-order valence-corrected chi connectivity index (χ3v) is 4.66. The van der Waals surface area contributed by atoms with Crippen molar-refractivity contribution >= 4 is 23.2 Å². The first-order chi connectivity index (χ1) is 11.4. The predicted molar refractivity (Wildman–Crippen MR) is 84.1 cm³/mol. The number of hydrogen-bond acceptors (Lipinski definition) is 5. The van der Waals surface area contributed by atoms with Crippen molar-refractivity contribution < 1.29 is 18.0 Å². The summed E-state index contributed by atoms with van der Waals surface area (Å²) in [6.07, 6.45) is -2.09. The van der Waals surface area contributed by atoms with Crippen LogP contribution in [0.1, 0.15) is 28.2 Å². The molecule has 0 radical (unpaired) electrons. The van der Waals surface area contributed by atoms with Gasteiger partial charge in [0.1, 0.15) is 5.69 Å². The fraction of sp³-hybridized carbons (Fsp3) is 0.400. The Kier molecular flexibility index (Phi) is 4.70. The van der Waals surface area contributed by atoms with Crippen molar-refractivity contribution in [2.75, 3.05) is 18.0 Å². The number of aromatic nitrogens is 2. The number of amides is 1. The molecule has 2 aromatic rings. The molecule has 1 aliphatic rings. The molecule has 24 heavy (non-hydrogen) atoms. The molecular formula is C15H15F3N4OS. The van der Waals surface area contributed by atoms with Gasteiger partial charge >= 0.3 is 6.18 Å². The fourth-order valence-electron chi connectivity index (χ4n) is 2.55. The van der Waals surface area contributed by atoms with Crippen LogP contribution in [-0.4, -0.2) is 35.0 Å². The molecule has 3 rings (SSSR count).